The van der Waals surface area contributed by atoms with Crippen molar-refractivity contribution in [3.63, 3.8) is 0 Å². The molecule has 0 saturated carbocycles. The number of Topliss-reactive ketones (excluding diaryl/α,β-unsaturated/α-hetero) is 1. The summed E-state index contributed by atoms with van der Waals surface area (Å²) < 4.78 is 41.3. The van der Waals surface area contributed by atoms with Crippen LogP contribution in [0.15, 0.2) is 42.5 Å². The Hall–Kier alpha value is -2.25. The zero-order valence-electron chi connectivity index (χ0n) is 15.7. The standard InChI is InChI=1S/C21H18Cl2F3NO3/c22-17-6-3-15(11-18(17)23)19(28)13-7-9-27(10-8-13)20(29)14-1-4-16(5-2-14)30-12-21(24,25)26/h1-6,11,13H,7-10,12H2. The number of piperidine rings is 1. The molecule has 1 heterocycles. The number of ketones is 1. The van der Waals surface area contributed by atoms with Crippen LogP contribution in [0.25, 0.3) is 0 Å². The molecule has 1 aliphatic rings. The number of carbonyl (C=O) groups excluding carboxylic acids is 2. The molecule has 0 aliphatic carbocycles. The van der Waals surface area contributed by atoms with Gasteiger partial charge in [-0.05, 0) is 55.3 Å². The number of nitrogens with zero attached hydrogens (tertiary/aromatic N) is 1. The summed E-state index contributed by atoms with van der Waals surface area (Å²) in [4.78, 5) is 27.0. The van der Waals surface area contributed by atoms with Crippen molar-refractivity contribution >= 4 is 34.9 Å². The minimum absolute atomic E-state index is 0.0353. The minimum Gasteiger partial charge on any atom is -0.484 e. The van der Waals surface area contributed by atoms with Crippen molar-refractivity contribution in [3.05, 3.63) is 63.6 Å². The van der Waals surface area contributed by atoms with Crippen LogP contribution in [0.4, 0.5) is 13.2 Å². The molecule has 0 bridgehead atoms. The number of likely N-dealkylation sites (tertiary alicyclic amines) is 1. The second-order valence-corrected chi connectivity index (χ2v) is 7.80. The Morgan fingerprint density at radius 3 is 2.13 bits per heavy atom. The third-order valence-electron chi connectivity index (χ3n) is 4.86. The maximum atomic E-state index is 12.7. The number of carbonyl (C=O) groups is 2. The molecule has 30 heavy (non-hydrogen) atoms. The van der Waals surface area contributed by atoms with Crippen LogP contribution in [0, 0.1) is 5.92 Å². The zero-order chi connectivity index (χ0) is 21.9. The highest BCUT2D eigenvalue weighted by molar-refractivity contribution is 6.42. The number of hydrogen-bond donors (Lipinski definition) is 0. The predicted molar refractivity (Wildman–Crippen MR) is 107 cm³/mol. The third kappa shape index (κ3) is 5.67. The first-order chi connectivity index (χ1) is 14.1. The van der Waals surface area contributed by atoms with Gasteiger partial charge >= 0.3 is 6.18 Å². The van der Waals surface area contributed by atoms with E-state index in [9.17, 15) is 22.8 Å². The first-order valence-corrected chi connectivity index (χ1v) is 9.98. The van der Waals surface area contributed by atoms with Gasteiger partial charge in [0, 0.05) is 30.1 Å². The van der Waals surface area contributed by atoms with Crippen LogP contribution in [-0.4, -0.2) is 42.5 Å². The lowest BCUT2D eigenvalue weighted by Gasteiger charge is -2.31. The smallest absolute Gasteiger partial charge is 0.422 e. The molecule has 0 unspecified atom stereocenters. The molecule has 1 saturated heterocycles. The number of halogens is 5. The number of hydrogen-bond acceptors (Lipinski definition) is 3. The zero-order valence-corrected chi connectivity index (χ0v) is 17.2. The Labute approximate surface area is 181 Å². The van der Waals surface area contributed by atoms with Gasteiger partial charge < -0.3 is 9.64 Å². The van der Waals surface area contributed by atoms with Gasteiger partial charge in [-0.25, -0.2) is 0 Å². The average molecular weight is 460 g/mol. The van der Waals surface area contributed by atoms with E-state index in [-0.39, 0.29) is 23.4 Å². The summed E-state index contributed by atoms with van der Waals surface area (Å²) in [7, 11) is 0. The van der Waals surface area contributed by atoms with Gasteiger partial charge in [-0.15, -0.1) is 0 Å². The molecule has 2 aromatic carbocycles. The van der Waals surface area contributed by atoms with Gasteiger partial charge in [0.1, 0.15) is 5.75 Å². The Morgan fingerprint density at radius 1 is 0.967 bits per heavy atom. The second-order valence-electron chi connectivity index (χ2n) is 6.99. The van der Waals surface area contributed by atoms with E-state index in [1.54, 1.807) is 23.1 Å². The average Bonchev–Trinajstić information content (AvgIpc) is 2.73. The normalized spacial score (nSPS) is 15.2. The topological polar surface area (TPSA) is 46.6 Å². The number of rotatable bonds is 5. The fraction of sp³-hybridized carbons (Fsp3) is 0.333. The summed E-state index contributed by atoms with van der Waals surface area (Å²) >= 11 is 11.9. The fourth-order valence-corrected chi connectivity index (χ4v) is 3.57. The molecular weight excluding hydrogens is 442 g/mol. The van der Waals surface area contributed by atoms with E-state index < -0.39 is 12.8 Å². The molecule has 1 amide bonds. The molecule has 1 fully saturated rings. The van der Waals surface area contributed by atoms with Gasteiger partial charge in [0.05, 0.1) is 10.0 Å². The molecular formula is C21H18Cl2F3NO3. The molecule has 4 nitrogen and oxygen atoms in total. The van der Waals surface area contributed by atoms with Crippen molar-refractivity contribution in [1.29, 1.82) is 0 Å². The van der Waals surface area contributed by atoms with E-state index in [1.807, 2.05) is 0 Å². The van der Waals surface area contributed by atoms with Gasteiger partial charge in [-0.2, -0.15) is 13.2 Å². The van der Waals surface area contributed by atoms with Crippen LogP contribution in [-0.2, 0) is 0 Å². The van der Waals surface area contributed by atoms with E-state index in [0.29, 0.717) is 47.1 Å². The van der Waals surface area contributed by atoms with Gasteiger partial charge in [-0.1, -0.05) is 23.2 Å². The van der Waals surface area contributed by atoms with E-state index in [0.717, 1.165) is 0 Å². The van der Waals surface area contributed by atoms with Crippen molar-refractivity contribution in [1.82, 2.24) is 4.90 Å². The lowest BCUT2D eigenvalue weighted by molar-refractivity contribution is -0.153. The van der Waals surface area contributed by atoms with Gasteiger partial charge in [0.2, 0.25) is 0 Å². The van der Waals surface area contributed by atoms with E-state index in [4.69, 9.17) is 23.2 Å². The van der Waals surface area contributed by atoms with Crippen LogP contribution >= 0.6 is 23.2 Å². The van der Waals surface area contributed by atoms with Gasteiger partial charge in [0.25, 0.3) is 5.91 Å². The lowest BCUT2D eigenvalue weighted by atomic mass is 9.88. The van der Waals surface area contributed by atoms with Crippen LogP contribution in [0.3, 0.4) is 0 Å². The summed E-state index contributed by atoms with van der Waals surface area (Å²) in [6.45, 7) is -0.577. The summed E-state index contributed by atoms with van der Waals surface area (Å²) in [6.07, 6.45) is -3.40. The number of amides is 1. The maximum Gasteiger partial charge on any atom is 0.422 e. The Morgan fingerprint density at radius 2 is 1.57 bits per heavy atom. The molecule has 1 aliphatic heterocycles. The monoisotopic (exact) mass is 459 g/mol. The van der Waals surface area contributed by atoms with Crippen molar-refractivity contribution in [2.45, 2.75) is 19.0 Å². The molecule has 9 heteroatoms. The molecule has 160 valence electrons. The van der Waals surface area contributed by atoms with Crippen molar-refractivity contribution < 1.29 is 27.5 Å². The van der Waals surface area contributed by atoms with Crippen molar-refractivity contribution in [2.24, 2.45) is 5.92 Å². The van der Waals surface area contributed by atoms with Crippen LogP contribution in [0.5, 0.6) is 5.75 Å². The Kier molecular flexibility index (Phi) is 6.93. The van der Waals surface area contributed by atoms with Gasteiger partial charge in [-0.3, -0.25) is 9.59 Å². The van der Waals surface area contributed by atoms with Crippen molar-refractivity contribution in [2.75, 3.05) is 19.7 Å². The number of alkyl halides is 3. The maximum absolute atomic E-state index is 12.7. The fourth-order valence-electron chi connectivity index (χ4n) is 3.27. The number of ether oxygens (including phenoxy) is 1. The molecule has 0 atom stereocenters. The first kappa shape index (κ1) is 22.4. The molecule has 0 spiro atoms. The summed E-state index contributed by atoms with van der Waals surface area (Å²) in [5.41, 5.74) is 0.840. The SMILES string of the molecule is O=C(c1ccc(Cl)c(Cl)c1)C1CCN(C(=O)c2ccc(OCC(F)(F)F)cc2)CC1. The van der Waals surface area contributed by atoms with Crippen LogP contribution < -0.4 is 4.74 Å². The quantitative estimate of drug-likeness (QED) is 0.541. The number of benzene rings is 2. The molecule has 2 aromatic rings. The molecule has 0 radical (unpaired) electrons. The highest BCUT2D eigenvalue weighted by atomic mass is 35.5. The third-order valence-corrected chi connectivity index (χ3v) is 5.60. The highest BCUT2D eigenvalue weighted by Gasteiger charge is 2.30. The highest BCUT2D eigenvalue weighted by Crippen LogP contribution is 2.28. The van der Waals surface area contributed by atoms with Crippen molar-refractivity contribution in [3.8, 4) is 5.75 Å². The Bertz CT molecular complexity index is 924. The van der Waals surface area contributed by atoms with E-state index >= 15 is 0 Å². The summed E-state index contributed by atoms with van der Waals surface area (Å²) in [5, 5.41) is 0.696. The first-order valence-electron chi connectivity index (χ1n) is 9.22. The molecule has 0 N–H and O–H groups in total. The van der Waals surface area contributed by atoms with Crippen LogP contribution in [0.2, 0.25) is 10.0 Å². The lowest BCUT2D eigenvalue weighted by Crippen LogP contribution is -2.40. The van der Waals surface area contributed by atoms with E-state index in [1.165, 1.54) is 24.3 Å². The second kappa shape index (κ2) is 9.27. The summed E-state index contributed by atoms with van der Waals surface area (Å²) in [5.74, 6) is -0.455. The minimum atomic E-state index is -4.42. The molecule has 0 aromatic heterocycles. The Balaban J connectivity index is 1.56. The van der Waals surface area contributed by atoms with E-state index in [2.05, 4.69) is 4.74 Å². The summed E-state index contributed by atoms with van der Waals surface area (Å²) in [6, 6.07) is 10.3. The van der Waals surface area contributed by atoms with Crippen LogP contribution in [0.1, 0.15) is 33.6 Å². The van der Waals surface area contributed by atoms with Gasteiger partial charge in [0.15, 0.2) is 12.4 Å². The largest absolute Gasteiger partial charge is 0.484 e. The molecule has 3 rings (SSSR count). The predicted octanol–water partition coefficient (Wildman–Crippen LogP) is 5.67.